The van der Waals surface area contributed by atoms with Crippen molar-refractivity contribution < 1.29 is 0 Å². The molecule has 0 N–H and O–H groups in total. The topological polar surface area (TPSA) is 0 Å². The summed E-state index contributed by atoms with van der Waals surface area (Å²) in [7, 11) is 0. The molecule has 15 heavy (non-hydrogen) atoms. The molecule has 0 atom stereocenters. The maximum Gasteiger partial charge on any atom is 0.00722 e. The van der Waals surface area contributed by atoms with Crippen molar-refractivity contribution >= 4 is 0 Å². The molecule has 0 bridgehead atoms. The Balaban J connectivity index is 3.05. The Bertz CT molecular complexity index is 259. The van der Waals surface area contributed by atoms with Gasteiger partial charge in [0.1, 0.15) is 0 Å². The van der Waals surface area contributed by atoms with Crippen molar-refractivity contribution in [1.29, 1.82) is 0 Å². The van der Waals surface area contributed by atoms with Crippen molar-refractivity contribution in [3.05, 3.63) is 11.1 Å². The van der Waals surface area contributed by atoms with Crippen LogP contribution in [0.25, 0.3) is 0 Å². The van der Waals surface area contributed by atoms with Gasteiger partial charge in [-0.2, -0.15) is 0 Å². The number of allylic oxidation sites excluding steroid dienone is 2. The first kappa shape index (κ1) is 12.8. The van der Waals surface area contributed by atoms with E-state index in [1.165, 1.54) is 0 Å². The largest absolute Gasteiger partial charge is 0.0593 e. The maximum absolute atomic E-state index is 2.36. The highest BCUT2D eigenvalue weighted by Gasteiger charge is 2.52. The van der Waals surface area contributed by atoms with Gasteiger partial charge < -0.3 is 0 Å². The number of rotatable bonds is 0. The zero-order chi connectivity index (χ0) is 12.2. The lowest BCUT2D eigenvalue weighted by atomic mass is 9.78. The van der Waals surface area contributed by atoms with Crippen LogP contribution in [-0.2, 0) is 0 Å². The summed E-state index contributed by atoms with van der Waals surface area (Å²) in [6.45, 7) is 21.2. The zero-order valence-electron chi connectivity index (χ0n) is 12.1. The molecule has 0 unspecified atom stereocenters. The predicted octanol–water partition coefficient (Wildman–Crippen LogP) is 5.05. The van der Waals surface area contributed by atoms with E-state index in [1.54, 1.807) is 11.1 Å². The van der Waals surface area contributed by atoms with Crippen molar-refractivity contribution in [2.75, 3.05) is 0 Å². The fourth-order valence-corrected chi connectivity index (χ4v) is 2.76. The second-order valence-electron chi connectivity index (χ2n) is 8.13. The average Bonchev–Trinajstić information content (AvgIpc) is 2.51. The first-order valence-electron chi connectivity index (χ1n) is 6.12. The van der Waals surface area contributed by atoms with Crippen molar-refractivity contribution in [2.24, 2.45) is 22.2 Å². The molecule has 0 spiro atoms. The van der Waals surface area contributed by atoms with Gasteiger partial charge in [-0.1, -0.05) is 73.5 Å². The molecule has 0 saturated heterocycles. The lowest BCUT2D eigenvalue weighted by molar-refractivity contribution is 0.316. The van der Waals surface area contributed by atoms with Gasteiger partial charge in [-0.05, 0) is 16.2 Å². The maximum atomic E-state index is 2.36. The van der Waals surface area contributed by atoms with E-state index in [0.29, 0.717) is 16.2 Å². The van der Waals surface area contributed by atoms with Crippen LogP contribution >= 0.6 is 0 Å². The smallest absolute Gasteiger partial charge is 0.00722 e. The molecule has 0 aromatic heterocycles. The molecule has 0 aromatic carbocycles. The molecule has 1 rings (SSSR count). The fraction of sp³-hybridized carbons (Fsp3) is 0.867. The summed E-state index contributed by atoms with van der Waals surface area (Å²) in [6.07, 6.45) is 0. The van der Waals surface area contributed by atoms with Crippen molar-refractivity contribution in [2.45, 2.75) is 62.3 Å². The molecular formula is C15H28. The zero-order valence-corrected chi connectivity index (χ0v) is 12.1. The summed E-state index contributed by atoms with van der Waals surface area (Å²) < 4.78 is 0. The Labute approximate surface area is 96.2 Å². The molecule has 88 valence electrons. The van der Waals surface area contributed by atoms with E-state index in [1.807, 2.05) is 0 Å². The van der Waals surface area contributed by atoms with Gasteiger partial charge in [-0.15, -0.1) is 0 Å². The predicted molar refractivity (Wildman–Crippen MR) is 68.9 cm³/mol. The molecule has 0 fully saturated rings. The van der Waals surface area contributed by atoms with Crippen molar-refractivity contribution in [3.8, 4) is 0 Å². The molecule has 1 aliphatic rings. The Kier molecular flexibility index (Phi) is 2.66. The molecule has 0 nitrogen and oxygen atoms in total. The van der Waals surface area contributed by atoms with Gasteiger partial charge in [0.05, 0.1) is 0 Å². The number of hydrogen-bond acceptors (Lipinski definition) is 0. The van der Waals surface area contributed by atoms with Crippen LogP contribution in [0.1, 0.15) is 62.3 Å². The Morgan fingerprint density at radius 1 is 0.600 bits per heavy atom. The van der Waals surface area contributed by atoms with Crippen LogP contribution in [-0.4, -0.2) is 0 Å². The third-order valence-corrected chi connectivity index (χ3v) is 3.27. The van der Waals surface area contributed by atoms with E-state index in [-0.39, 0.29) is 0 Å². The van der Waals surface area contributed by atoms with Crippen LogP contribution in [0.5, 0.6) is 0 Å². The van der Waals surface area contributed by atoms with Gasteiger partial charge >= 0.3 is 0 Å². The monoisotopic (exact) mass is 208 g/mol. The second-order valence-corrected chi connectivity index (χ2v) is 8.13. The van der Waals surface area contributed by atoms with E-state index in [9.17, 15) is 0 Å². The van der Waals surface area contributed by atoms with E-state index < -0.39 is 0 Å². The minimum Gasteiger partial charge on any atom is -0.0593 e. The molecule has 0 saturated carbocycles. The summed E-state index contributed by atoms with van der Waals surface area (Å²) in [5.41, 5.74) is 4.51. The van der Waals surface area contributed by atoms with Crippen molar-refractivity contribution in [3.63, 3.8) is 0 Å². The number of hydrogen-bond donors (Lipinski definition) is 0. The molecular weight excluding hydrogens is 180 g/mol. The third kappa shape index (κ3) is 2.46. The summed E-state index contributed by atoms with van der Waals surface area (Å²) in [5, 5.41) is 0. The van der Waals surface area contributed by atoms with Gasteiger partial charge in [0.2, 0.25) is 0 Å². The Hall–Kier alpha value is -0.260. The van der Waals surface area contributed by atoms with Crippen LogP contribution < -0.4 is 0 Å². The molecule has 1 aliphatic carbocycles. The standard InChI is InChI=1S/C15H28/c1-13(2,3)10-11(14(4,5)6)12(10)15(7,8)9/h10H,1-9H3. The normalized spacial score (nSPS) is 19.8. The molecule has 0 aliphatic heterocycles. The van der Waals surface area contributed by atoms with Crippen LogP contribution in [0, 0.1) is 22.2 Å². The lowest BCUT2D eigenvalue weighted by Crippen LogP contribution is -2.18. The van der Waals surface area contributed by atoms with Gasteiger partial charge in [-0.25, -0.2) is 0 Å². The SMILES string of the molecule is CC(C)(C)C1=C(C(C)(C)C)C1C(C)(C)C. The lowest BCUT2D eigenvalue weighted by Gasteiger charge is -2.26. The fourth-order valence-electron chi connectivity index (χ4n) is 2.76. The van der Waals surface area contributed by atoms with Crippen LogP contribution in [0.4, 0.5) is 0 Å². The van der Waals surface area contributed by atoms with Crippen LogP contribution in [0.15, 0.2) is 11.1 Å². The van der Waals surface area contributed by atoms with E-state index in [0.717, 1.165) is 5.92 Å². The second kappa shape index (κ2) is 3.12. The average molecular weight is 208 g/mol. The minimum absolute atomic E-state index is 0.348. The summed E-state index contributed by atoms with van der Waals surface area (Å²) in [5.74, 6) is 0.734. The first-order valence-corrected chi connectivity index (χ1v) is 6.12. The Morgan fingerprint density at radius 3 is 0.933 bits per heavy atom. The van der Waals surface area contributed by atoms with Gasteiger partial charge in [0.25, 0.3) is 0 Å². The van der Waals surface area contributed by atoms with E-state index >= 15 is 0 Å². The Morgan fingerprint density at radius 2 is 0.867 bits per heavy atom. The van der Waals surface area contributed by atoms with E-state index in [4.69, 9.17) is 0 Å². The van der Waals surface area contributed by atoms with Crippen LogP contribution in [0.3, 0.4) is 0 Å². The van der Waals surface area contributed by atoms with Crippen LogP contribution in [0.2, 0.25) is 0 Å². The summed E-state index contributed by atoms with van der Waals surface area (Å²) >= 11 is 0. The molecule has 0 heterocycles. The molecule has 0 radical (unpaired) electrons. The highest BCUT2D eigenvalue weighted by Crippen LogP contribution is 2.63. The quantitative estimate of drug-likeness (QED) is 0.489. The van der Waals surface area contributed by atoms with Gasteiger partial charge in [0, 0.05) is 5.92 Å². The summed E-state index contributed by atoms with van der Waals surface area (Å²) in [6, 6.07) is 0. The minimum atomic E-state index is 0.348. The molecule has 0 aromatic rings. The van der Waals surface area contributed by atoms with E-state index in [2.05, 4.69) is 62.3 Å². The van der Waals surface area contributed by atoms with Gasteiger partial charge in [-0.3, -0.25) is 0 Å². The molecule has 0 heteroatoms. The highest BCUT2D eigenvalue weighted by atomic mass is 14.6. The van der Waals surface area contributed by atoms with Crippen molar-refractivity contribution in [1.82, 2.24) is 0 Å². The molecule has 0 amide bonds. The summed E-state index contributed by atoms with van der Waals surface area (Å²) in [4.78, 5) is 0. The highest BCUT2D eigenvalue weighted by molar-refractivity contribution is 5.49. The van der Waals surface area contributed by atoms with Gasteiger partial charge in [0.15, 0.2) is 0 Å². The first-order chi connectivity index (χ1) is 6.37. The third-order valence-electron chi connectivity index (χ3n) is 3.27.